The van der Waals surface area contributed by atoms with E-state index in [1.165, 1.54) is 7.11 Å². The largest absolute Gasteiger partial charge is 0.469 e. The second-order valence-electron chi connectivity index (χ2n) is 4.43. The highest BCUT2D eigenvalue weighted by atomic mass is 16.5. The molecule has 1 aliphatic heterocycles. The van der Waals surface area contributed by atoms with E-state index >= 15 is 0 Å². The predicted molar refractivity (Wildman–Crippen MR) is 64.3 cm³/mol. The third kappa shape index (κ3) is 2.64. The summed E-state index contributed by atoms with van der Waals surface area (Å²) in [7, 11) is 1.45. The minimum Gasteiger partial charge on any atom is -0.469 e. The molecule has 2 unspecified atom stereocenters. The molecule has 92 valence electrons. The number of hydrogen-bond donors (Lipinski definition) is 0. The normalized spacial score (nSPS) is 22.4. The van der Waals surface area contributed by atoms with Crippen LogP contribution in [0.1, 0.15) is 25.1 Å². The Kier molecular flexibility index (Phi) is 3.74. The van der Waals surface area contributed by atoms with Crippen molar-refractivity contribution in [3.05, 3.63) is 30.1 Å². The van der Waals surface area contributed by atoms with E-state index in [1.807, 2.05) is 18.2 Å². The molecule has 1 saturated heterocycles. The van der Waals surface area contributed by atoms with Crippen LogP contribution in [0.25, 0.3) is 0 Å². The molecule has 2 atom stereocenters. The van der Waals surface area contributed by atoms with Crippen LogP contribution < -0.4 is 0 Å². The fourth-order valence-electron chi connectivity index (χ4n) is 2.31. The van der Waals surface area contributed by atoms with E-state index in [0.29, 0.717) is 0 Å². The second kappa shape index (κ2) is 5.27. The zero-order valence-electron chi connectivity index (χ0n) is 10.3. The van der Waals surface area contributed by atoms with Gasteiger partial charge in [0.2, 0.25) is 0 Å². The first-order valence-electron chi connectivity index (χ1n) is 5.95. The number of carbonyl (C=O) groups is 1. The lowest BCUT2D eigenvalue weighted by Crippen LogP contribution is -2.27. The summed E-state index contributed by atoms with van der Waals surface area (Å²) >= 11 is 0. The van der Waals surface area contributed by atoms with Crippen LogP contribution in [0, 0.1) is 5.92 Å². The summed E-state index contributed by atoms with van der Waals surface area (Å²) in [5, 5.41) is 0. The van der Waals surface area contributed by atoms with Crippen molar-refractivity contribution in [3.63, 3.8) is 0 Å². The van der Waals surface area contributed by atoms with Gasteiger partial charge in [0.15, 0.2) is 0 Å². The number of likely N-dealkylation sites (tertiary alicyclic amines) is 1. The standard InChI is InChI=1S/C13H18N2O2/c1-10(12-5-3-4-7-14-12)15-8-6-11(9-15)13(16)17-2/h3-5,7,10-11H,6,8-9H2,1-2H3. The molecule has 4 nitrogen and oxygen atoms in total. The highest BCUT2D eigenvalue weighted by Crippen LogP contribution is 2.26. The van der Waals surface area contributed by atoms with Gasteiger partial charge < -0.3 is 4.74 Å². The summed E-state index contributed by atoms with van der Waals surface area (Å²) < 4.78 is 4.79. The van der Waals surface area contributed by atoms with Crippen LogP contribution in [-0.4, -0.2) is 36.1 Å². The minimum atomic E-state index is -0.0966. The maximum absolute atomic E-state index is 11.5. The SMILES string of the molecule is COC(=O)C1CCN(C(C)c2ccccn2)C1. The first-order valence-corrected chi connectivity index (χ1v) is 5.95. The quantitative estimate of drug-likeness (QED) is 0.746. The molecule has 0 amide bonds. The monoisotopic (exact) mass is 234 g/mol. The third-order valence-corrected chi connectivity index (χ3v) is 3.42. The molecule has 0 N–H and O–H groups in total. The van der Waals surface area contributed by atoms with E-state index in [9.17, 15) is 4.79 Å². The molecule has 2 heterocycles. The number of nitrogens with zero attached hydrogens (tertiary/aromatic N) is 2. The molecule has 0 radical (unpaired) electrons. The summed E-state index contributed by atoms with van der Waals surface area (Å²) in [6.45, 7) is 3.82. The average molecular weight is 234 g/mol. The smallest absolute Gasteiger partial charge is 0.310 e. The fourth-order valence-corrected chi connectivity index (χ4v) is 2.31. The van der Waals surface area contributed by atoms with Crippen molar-refractivity contribution in [2.45, 2.75) is 19.4 Å². The lowest BCUT2D eigenvalue weighted by Gasteiger charge is -2.23. The van der Waals surface area contributed by atoms with Gasteiger partial charge in [0.05, 0.1) is 18.7 Å². The summed E-state index contributed by atoms with van der Waals surface area (Å²) in [6, 6.07) is 6.19. The Morgan fingerprint density at radius 2 is 2.41 bits per heavy atom. The van der Waals surface area contributed by atoms with Gasteiger partial charge >= 0.3 is 5.97 Å². The first-order chi connectivity index (χ1) is 8.22. The van der Waals surface area contributed by atoms with Crippen molar-refractivity contribution < 1.29 is 9.53 Å². The molecule has 0 aliphatic carbocycles. The molecule has 17 heavy (non-hydrogen) atoms. The van der Waals surface area contributed by atoms with Crippen LogP contribution in [0.2, 0.25) is 0 Å². The molecule has 1 aromatic rings. The van der Waals surface area contributed by atoms with E-state index in [-0.39, 0.29) is 17.9 Å². The van der Waals surface area contributed by atoms with Gasteiger partial charge in [-0.1, -0.05) is 6.07 Å². The van der Waals surface area contributed by atoms with Crippen LogP contribution in [-0.2, 0) is 9.53 Å². The number of rotatable bonds is 3. The number of aromatic nitrogens is 1. The number of methoxy groups -OCH3 is 1. The predicted octanol–water partition coefficient (Wildman–Crippen LogP) is 1.64. The molecule has 4 heteroatoms. The lowest BCUT2D eigenvalue weighted by molar-refractivity contribution is -0.145. The molecule has 1 aliphatic rings. The van der Waals surface area contributed by atoms with Gasteiger partial charge in [-0.15, -0.1) is 0 Å². The second-order valence-corrected chi connectivity index (χ2v) is 4.43. The van der Waals surface area contributed by atoms with Crippen LogP contribution in [0.4, 0.5) is 0 Å². The molecule has 0 aromatic carbocycles. The van der Waals surface area contributed by atoms with E-state index in [2.05, 4.69) is 16.8 Å². The van der Waals surface area contributed by atoms with Gasteiger partial charge in [-0.3, -0.25) is 14.7 Å². The van der Waals surface area contributed by atoms with Gasteiger partial charge in [0, 0.05) is 18.8 Å². The maximum atomic E-state index is 11.5. The van der Waals surface area contributed by atoms with Gasteiger partial charge in [0.1, 0.15) is 0 Å². The van der Waals surface area contributed by atoms with E-state index in [0.717, 1.165) is 25.2 Å². The van der Waals surface area contributed by atoms with E-state index < -0.39 is 0 Å². The van der Waals surface area contributed by atoms with Crippen molar-refractivity contribution >= 4 is 5.97 Å². The van der Waals surface area contributed by atoms with E-state index in [4.69, 9.17) is 4.74 Å². The molecule has 0 saturated carbocycles. The third-order valence-electron chi connectivity index (χ3n) is 3.42. The topological polar surface area (TPSA) is 42.4 Å². The molecule has 0 bridgehead atoms. The minimum absolute atomic E-state index is 0.0196. The summed E-state index contributed by atoms with van der Waals surface area (Å²) in [4.78, 5) is 18.1. The molecular formula is C13H18N2O2. The van der Waals surface area contributed by atoms with Crippen molar-refractivity contribution in [1.82, 2.24) is 9.88 Å². The molecule has 2 rings (SSSR count). The van der Waals surface area contributed by atoms with Crippen molar-refractivity contribution in [3.8, 4) is 0 Å². The molecule has 1 fully saturated rings. The Bertz CT molecular complexity index is 380. The van der Waals surface area contributed by atoms with Gasteiger partial charge in [-0.2, -0.15) is 0 Å². The van der Waals surface area contributed by atoms with Crippen LogP contribution in [0.15, 0.2) is 24.4 Å². The number of carbonyl (C=O) groups excluding carboxylic acids is 1. The van der Waals surface area contributed by atoms with Gasteiger partial charge in [-0.25, -0.2) is 0 Å². The van der Waals surface area contributed by atoms with Crippen LogP contribution in [0.3, 0.4) is 0 Å². The molecule has 1 aromatic heterocycles. The Labute approximate surface area is 102 Å². The fraction of sp³-hybridized carbons (Fsp3) is 0.538. The summed E-state index contributed by atoms with van der Waals surface area (Å²) in [6.07, 6.45) is 2.68. The van der Waals surface area contributed by atoms with Crippen molar-refractivity contribution in [1.29, 1.82) is 0 Å². The average Bonchev–Trinajstić information content (AvgIpc) is 2.87. The Balaban J connectivity index is 1.99. The number of pyridine rings is 1. The van der Waals surface area contributed by atoms with Crippen molar-refractivity contribution in [2.75, 3.05) is 20.2 Å². The number of hydrogen-bond acceptors (Lipinski definition) is 4. The first kappa shape index (κ1) is 12.0. The zero-order chi connectivity index (χ0) is 12.3. The van der Waals surface area contributed by atoms with Gasteiger partial charge in [0.25, 0.3) is 0 Å². The number of ether oxygens (including phenoxy) is 1. The Morgan fingerprint density at radius 3 is 3.06 bits per heavy atom. The van der Waals surface area contributed by atoms with Crippen molar-refractivity contribution in [2.24, 2.45) is 5.92 Å². The lowest BCUT2D eigenvalue weighted by atomic mass is 10.1. The summed E-state index contributed by atoms with van der Waals surface area (Å²) in [5.74, 6) is -0.0770. The number of esters is 1. The highest BCUT2D eigenvalue weighted by molar-refractivity contribution is 5.72. The molecular weight excluding hydrogens is 216 g/mol. The maximum Gasteiger partial charge on any atom is 0.310 e. The Morgan fingerprint density at radius 1 is 1.59 bits per heavy atom. The van der Waals surface area contributed by atoms with Crippen LogP contribution in [0.5, 0.6) is 0 Å². The molecule has 0 spiro atoms. The Hall–Kier alpha value is -1.42. The van der Waals surface area contributed by atoms with E-state index in [1.54, 1.807) is 6.20 Å². The highest BCUT2D eigenvalue weighted by Gasteiger charge is 2.32. The summed E-state index contributed by atoms with van der Waals surface area (Å²) in [5.41, 5.74) is 1.05. The van der Waals surface area contributed by atoms with Crippen LogP contribution >= 0.6 is 0 Å². The van der Waals surface area contributed by atoms with Gasteiger partial charge in [-0.05, 0) is 32.0 Å². The zero-order valence-corrected chi connectivity index (χ0v) is 10.3.